The predicted octanol–water partition coefficient (Wildman–Crippen LogP) is 14.3. The van der Waals surface area contributed by atoms with Gasteiger partial charge in [-0.1, -0.05) is 203 Å². The molecule has 3 nitrogen and oxygen atoms in total. The number of allylic oxidation sites excluding steroid dienone is 7. The highest BCUT2D eigenvalue weighted by Crippen LogP contribution is 2.64. The second kappa shape index (κ2) is 14.7. The summed E-state index contributed by atoms with van der Waals surface area (Å²) < 4.78 is 0. The van der Waals surface area contributed by atoms with Gasteiger partial charge in [-0.2, -0.15) is 0 Å². The van der Waals surface area contributed by atoms with E-state index in [4.69, 9.17) is 9.98 Å². The van der Waals surface area contributed by atoms with Crippen molar-refractivity contribution in [3.8, 4) is 11.1 Å². The molecule has 13 rings (SSSR count). The lowest BCUT2D eigenvalue weighted by molar-refractivity contribution is 0.233. The molecule has 0 amide bonds. The van der Waals surface area contributed by atoms with E-state index in [0.29, 0.717) is 17.1 Å². The number of nitrogens with one attached hydrogen (secondary N) is 1. The zero-order valence-corrected chi connectivity index (χ0v) is 37.3. The summed E-state index contributed by atoms with van der Waals surface area (Å²) in [6.07, 6.45) is 19.2. The molecular formula is C60H51N3S. The van der Waals surface area contributed by atoms with Crippen molar-refractivity contribution in [1.82, 2.24) is 5.32 Å². The van der Waals surface area contributed by atoms with Crippen LogP contribution in [0.15, 0.2) is 196 Å². The van der Waals surface area contributed by atoms with Crippen LogP contribution in [0.5, 0.6) is 0 Å². The van der Waals surface area contributed by atoms with Crippen molar-refractivity contribution in [2.45, 2.75) is 84.9 Å². The third kappa shape index (κ3) is 5.87. The number of hydrogen-bond acceptors (Lipinski definition) is 4. The van der Waals surface area contributed by atoms with Crippen LogP contribution in [-0.4, -0.2) is 16.9 Å². The Bertz CT molecular complexity index is 3070. The van der Waals surface area contributed by atoms with E-state index in [1.165, 1.54) is 87.1 Å². The Labute approximate surface area is 381 Å². The smallest absolute Gasteiger partial charge is 0.169 e. The minimum atomic E-state index is -0.365. The molecule has 1 fully saturated rings. The quantitative estimate of drug-likeness (QED) is 0.188. The number of fused-ring (bicyclic) bond motifs is 11. The summed E-state index contributed by atoms with van der Waals surface area (Å²) in [5.41, 5.74) is 19.0. The molecule has 2 heterocycles. The first-order valence-electron chi connectivity index (χ1n) is 23.5. The van der Waals surface area contributed by atoms with Gasteiger partial charge in [-0.3, -0.25) is 0 Å². The van der Waals surface area contributed by atoms with Gasteiger partial charge in [-0.25, -0.2) is 9.98 Å². The lowest BCUT2D eigenvalue weighted by Crippen LogP contribution is -2.36. The van der Waals surface area contributed by atoms with Gasteiger partial charge in [0.25, 0.3) is 0 Å². The van der Waals surface area contributed by atoms with Crippen LogP contribution in [0.4, 0.5) is 0 Å². The molecule has 7 aliphatic rings. The van der Waals surface area contributed by atoms with Gasteiger partial charge in [0, 0.05) is 43.9 Å². The summed E-state index contributed by atoms with van der Waals surface area (Å²) in [4.78, 5) is 11.9. The Morgan fingerprint density at radius 1 is 0.578 bits per heavy atom. The number of rotatable bonds is 5. The summed E-state index contributed by atoms with van der Waals surface area (Å²) in [7, 11) is 0. The van der Waals surface area contributed by atoms with Crippen LogP contribution in [0.3, 0.4) is 0 Å². The maximum absolute atomic E-state index is 5.35. The van der Waals surface area contributed by atoms with Crippen LogP contribution in [-0.2, 0) is 10.8 Å². The summed E-state index contributed by atoms with van der Waals surface area (Å²) in [6, 6.07) is 53.4. The molecule has 64 heavy (non-hydrogen) atoms. The minimum absolute atomic E-state index is 0.0665. The molecule has 1 saturated carbocycles. The van der Waals surface area contributed by atoms with Gasteiger partial charge < -0.3 is 5.32 Å². The standard InChI is InChI=1S/C60H51N3S/c1-59(2)51-34-42(27-29-44(51)47-36-53-48(35-52(47)59)43-19-10-11-22-50(43)60(53)31-12-5-13-32-60)41-28-30-54-49(33-41)45-20-14-21-46(55(45)64-54)58-62-56(39-17-8-4-9-18-39)61-57(63-58)40-25-23-38(24-26-40)37-15-6-3-7-16-37/h3-4,6-11,14-30,33-36,48-49,53-54,57H,5,12-13,31-32H2,1-2H3,(H,61,62,63). The molecule has 0 radical (unpaired) electrons. The number of thioether (sulfide) groups is 1. The Hall–Kier alpha value is -6.23. The average molecular weight is 846 g/mol. The number of nitrogens with zero attached hydrogens (tertiary/aromatic N) is 2. The summed E-state index contributed by atoms with van der Waals surface area (Å²) >= 11 is 1.97. The predicted molar refractivity (Wildman–Crippen MR) is 266 cm³/mol. The molecule has 5 unspecified atom stereocenters. The van der Waals surface area contributed by atoms with Crippen molar-refractivity contribution in [2.24, 2.45) is 15.9 Å². The van der Waals surface area contributed by atoms with E-state index in [2.05, 4.69) is 195 Å². The summed E-state index contributed by atoms with van der Waals surface area (Å²) in [5, 5.41) is 4.03. The third-order valence-corrected chi connectivity index (χ3v) is 17.2. The number of amidine groups is 2. The van der Waals surface area contributed by atoms with E-state index in [1.54, 1.807) is 11.1 Å². The zero-order valence-electron chi connectivity index (χ0n) is 36.5. The highest BCUT2D eigenvalue weighted by molar-refractivity contribution is 8.00. The van der Waals surface area contributed by atoms with Crippen LogP contribution in [0, 0.1) is 5.92 Å². The third-order valence-electron chi connectivity index (χ3n) is 15.8. The van der Waals surface area contributed by atoms with Gasteiger partial charge in [-0.05, 0) is 91.6 Å². The molecule has 6 aromatic rings. The van der Waals surface area contributed by atoms with Crippen molar-refractivity contribution in [3.63, 3.8) is 0 Å². The van der Waals surface area contributed by atoms with Crippen LogP contribution < -0.4 is 5.32 Å². The van der Waals surface area contributed by atoms with Crippen LogP contribution in [0.1, 0.15) is 114 Å². The second-order valence-corrected chi connectivity index (χ2v) is 20.7. The summed E-state index contributed by atoms with van der Waals surface area (Å²) in [5.74, 6) is 3.00. The summed E-state index contributed by atoms with van der Waals surface area (Å²) in [6.45, 7) is 4.93. The molecule has 6 aromatic carbocycles. The maximum atomic E-state index is 5.35. The minimum Gasteiger partial charge on any atom is -0.324 e. The molecule has 5 atom stereocenters. The van der Waals surface area contributed by atoms with Crippen molar-refractivity contribution in [3.05, 3.63) is 232 Å². The van der Waals surface area contributed by atoms with Gasteiger partial charge >= 0.3 is 0 Å². The van der Waals surface area contributed by atoms with Crippen molar-refractivity contribution < 1.29 is 0 Å². The zero-order chi connectivity index (χ0) is 42.6. The molecule has 1 spiro atoms. The molecule has 2 aliphatic heterocycles. The second-order valence-electron chi connectivity index (χ2n) is 19.5. The number of benzene rings is 6. The van der Waals surface area contributed by atoms with E-state index in [9.17, 15) is 0 Å². The van der Waals surface area contributed by atoms with Crippen molar-refractivity contribution in [1.29, 1.82) is 0 Å². The highest BCUT2D eigenvalue weighted by Gasteiger charge is 2.54. The van der Waals surface area contributed by atoms with E-state index in [-0.39, 0.29) is 22.9 Å². The van der Waals surface area contributed by atoms with E-state index in [1.807, 2.05) is 11.8 Å². The molecule has 5 aliphatic carbocycles. The maximum Gasteiger partial charge on any atom is 0.169 e. The first kappa shape index (κ1) is 38.2. The fourth-order valence-electron chi connectivity index (χ4n) is 12.6. The van der Waals surface area contributed by atoms with E-state index in [0.717, 1.165) is 28.4 Å². The normalized spacial score (nSPS) is 25.0. The lowest BCUT2D eigenvalue weighted by atomic mass is 9.62. The van der Waals surface area contributed by atoms with Gasteiger partial charge in [0.1, 0.15) is 11.7 Å². The Balaban J connectivity index is 0.831. The van der Waals surface area contributed by atoms with Crippen molar-refractivity contribution in [2.75, 3.05) is 0 Å². The SMILES string of the molecule is CC1(C)C2=CC3c4ccccc4C4(CCCCC4)C3C=C2c2ccc(C3=CC4c5cccc(C6=NC(c7ccc(-c8ccccc8)cc7)N=C(c7ccccc7)N6)c5SC4C=C3)cc21. The van der Waals surface area contributed by atoms with Crippen LogP contribution in [0.2, 0.25) is 0 Å². The number of hydrogen-bond donors (Lipinski definition) is 1. The largest absolute Gasteiger partial charge is 0.324 e. The average Bonchev–Trinajstić information content (AvgIpc) is 3.94. The van der Waals surface area contributed by atoms with E-state index >= 15 is 0 Å². The van der Waals surface area contributed by atoms with E-state index < -0.39 is 0 Å². The molecular weight excluding hydrogens is 795 g/mol. The number of aliphatic imine (C=N–C) groups is 2. The topological polar surface area (TPSA) is 36.8 Å². The lowest BCUT2D eigenvalue weighted by Gasteiger charge is -2.41. The van der Waals surface area contributed by atoms with Gasteiger partial charge in [0.2, 0.25) is 0 Å². The van der Waals surface area contributed by atoms with Gasteiger partial charge in [-0.15, -0.1) is 11.8 Å². The van der Waals surface area contributed by atoms with Gasteiger partial charge in [0.15, 0.2) is 6.17 Å². The van der Waals surface area contributed by atoms with Crippen LogP contribution in [0.25, 0.3) is 22.3 Å². The molecule has 0 aromatic heterocycles. The fraction of sp³-hybridized carbons (Fsp3) is 0.233. The van der Waals surface area contributed by atoms with Gasteiger partial charge in [0.05, 0.1) is 0 Å². The fourth-order valence-corrected chi connectivity index (χ4v) is 14.0. The molecule has 0 saturated heterocycles. The first-order chi connectivity index (χ1) is 31.4. The Kier molecular flexibility index (Phi) is 8.76. The highest BCUT2D eigenvalue weighted by atomic mass is 32.2. The van der Waals surface area contributed by atoms with Crippen LogP contribution >= 0.6 is 11.8 Å². The Morgan fingerprint density at radius 2 is 1.28 bits per heavy atom. The molecule has 4 heteroatoms. The Morgan fingerprint density at radius 3 is 2.09 bits per heavy atom. The monoisotopic (exact) mass is 845 g/mol. The van der Waals surface area contributed by atoms with Crippen molar-refractivity contribution >= 4 is 34.6 Å². The molecule has 0 bridgehead atoms. The molecule has 312 valence electrons. The molecule has 1 N–H and O–H groups in total. The first-order valence-corrected chi connectivity index (χ1v) is 24.3.